The van der Waals surface area contributed by atoms with Crippen molar-refractivity contribution in [3.8, 4) is 11.5 Å². The van der Waals surface area contributed by atoms with E-state index in [4.69, 9.17) is 15.4 Å². The molecule has 1 rings (SSSR count). The van der Waals surface area contributed by atoms with Crippen LogP contribution in [0.4, 0.5) is 0 Å². The van der Waals surface area contributed by atoms with Crippen molar-refractivity contribution in [3.63, 3.8) is 0 Å². The second kappa shape index (κ2) is 3.23. The van der Waals surface area contributed by atoms with E-state index in [-0.39, 0.29) is 17.3 Å². The predicted molar refractivity (Wildman–Crippen MR) is 46.6 cm³/mol. The Bertz CT molecular complexity index is 413. The molecule has 1 aromatic rings. The summed E-state index contributed by atoms with van der Waals surface area (Å²) >= 11 is 0. The molecule has 0 aromatic heterocycles. The van der Waals surface area contributed by atoms with Crippen molar-refractivity contribution in [2.24, 2.45) is 5.14 Å². The maximum atomic E-state index is 10.6. The third-order valence-electron chi connectivity index (χ3n) is 1.41. The van der Waals surface area contributed by atoms with Crippen LogP contribution in [0.1, 0.15) is 5.56 Å². The summed E-state index contributed by atoms with van der Waals surface area (Å²) < 4.78 is 21.3. The molecule has 6 heteroatoms. The number of hydrogen-bond donors (Lipinski definition) is 3. The molecule has 0 atom stereocenters. The Hall–Kier alpha value is -1.27. The van der Waals surface area contributed by atoms with Gasteiger partial charge in [0.1, 0.15) is 0 Å². The molecule has 0 aliphatic heterocycles. The van der Waals surface area contributed by atoms with Gasteiger partial charge < -0.3 is 10.2 Å². The SMILES string of the molecule is NS(=O)(=O)Cc1ccc(O)c(O)c1. The van der Waals surface area contributed by atoms with E-state index in [1.807, 2.05) is 0 Å². The number of aromatic hydroxyl groups is 2. The summed E-state index contributed by atoms with van der Waals surface area (Å²) in [7, 11) is -3.60. The predicted octanol–water partition coefficient (Wildman–Crippen LogP) is -0.114. The molecule has 0 unspecified atom stereocenters. The van der Waals surface area contributed by atoms with Gasteiger partial charge in [0.2, 0.25) is 10.0 Å². The molecule has 0 amide bonds. The van der Waals surface area contributed by atoms with Crippen molar-refractivity contribution >= 4 is 10.0 Å². The lowest BCUT2D eigenvalue weighted by Crippen LogP contribution is -2.14. The van der Waals surface area contributed by atoms with Crippen molar-refractivity contribution in [1.29, 1.82) is 0 Å². The Balaban J connectivity index is 2.99. The molecule has 1 aromatic carbocycles. The van der Waals surface area contributed by atoms with Gasteiger partial charge in [0.15, 0.2) is 11.5 Å². The first-order valence-corrected chi connectivity index (χ1v) is 5.11. The molecule has 0 aliphatic carbocycles. The first kappa shape index (κ1) is 9.82. The number of sulfonamides is 1. The molecule has 0 saturated carbocycles. The fourth-order valence-electron chi connectivity index (χ4n) is 0.891. The van der Waals surface area contributed by atoms with Crippen LogP contribution in [0.25, 0.3) is 0 Å². The second-order valence-corrected chi connectivity index (χ2v) is 4.24. The minimum absolute atomic E-state index is 0.293. The summed E-state index contributed by atoms with van der Waals surface area (Å²) in [6, 6.07) is 3.73. The first-order chi connectivity index (χ1) is 5.88. The van der Waals surface area contributed by atoms with Gasteiger partial charge in [0, 0.05) is 0 Å². The smallest absolute Gasteiger partial charge is 0.213 e. The minimum Gasteiger partial charge on any atom is -0.504 e. The van der Waals surface area contributed by atoms with E-state index in [1.165, 1.54) is 12.1 Å². The molecule has 0 aliphatic rings. The van der Waals surface area contributed by atoms with Crippen LogP contribution in [0.2, 0.25) is 0 Å². The Kier molecular flexibility index (Phi) is 2.44. The monoisotopic (exact) mass is 203 g/mol. The van der Waals surface area contributed by atoms with Crippen LogP contribution < -0.4 is 5.14 Å². The molecule has 4 N–H and O–H groups in total. The lowest BCUT2D eigenvalue weighted by atomic mass is 10.2. The number of rotatable bonds is 2. The van der Waals surface area contributed by atoms with Crippen molar-refractivity contribution in [1.82, 2.24) is 0 Å². The molecule has 72 valence electrons. The van der Waals surface area contributed by atoms with Crippen LogP contribution in [0.5, 0.6) is 11.5 Å². The van der Waals surface area contributed by atoms with Crippen molar-refractivity contribution < 1.29 is 18.6 Å². The summed E-state index contributed by atoms with van der Waals surface area (Å²) in [6.45, 7) is 0. The normalized spacial score (nSPS) is 11.5. The molecule has 0 bridgehead atoms. The van der Waals surface area contributed by atoms with Crippen LogP contribution >= 0.6 is 0 Å². The minimum atomic E-state index is -3.60. The van der Waals surface area contributed by atoms with Crippen molar-refractivity contribution in [2.75, 3.05) is 0 Å². The second-order valence-electron chi connectivity index (χ2n) is 2.63. The van der Waals surface area contributed by atoms with E-state index >= 15 is 0 Å². The number of phenols is 2. The fourth-order valence-corrected chi connectivity index (χ4v) is 1.54. The van der Waals surface area contributed by atoms with Crippen LogP contribution in [-0.4, -0.2) is 18.6 Å². The molecule has 13 heavy (non-hydrogen) atoms. The van der Waals surface area contributed by atoms with E-state index < -0.39 is 10.0 Å². The molecule has 5 nitrogen and oxygen atoms in total. The van der Waals surface area contributed by atoms with E-state index in [2.05, 4.69) is 0 Å². The Labute approximate surface area is 75.5 Å². The van der Waals surface area contributed by atoms with Crippen molar-refractivity contribution in [3.05, 3.63) is 23.8 Å². The Morgan fingerprint density at radius 3 is 2.31 bits per heavy atom. The number of benzene rings is 1. The number of nitrogens with two attached hydrogens (primary N) is 1. The summed E-state index contributed by atoms with van der Waals surface area (Å²) in [5, 5.41) is 22.7. The van der Waals surface area contributed by atoms with Crippen LogP contribution in [0.15, 0.2) is 18.2 Å². The summed E-state index contributed by atoms with van der Waals surface area (Å²) in [4.78, 5) is 0. The van der Waals surface area contributed by atoms with Gasteiger partial charge >= 0.3 is 0 Å². The number of primary sulfonamides is 1. The van der Waals surface area contributed by atoms with Gasteiger partial charge in [-0.15, -0.1) is 0 Å². The van der Waals surface area contributed by atoms with Crippen LogP contribution in [0.3, 0.4) is 0 Å². The van der Waals surface area contributed by atoms with Gasteiger partial charge in [-0.2, -0.15) is 0 Å². The fraction of sp³-hybridized carbons (Fsp3) is 0.143. The zero-order chi connectivity index (χ0) is 10.1. The highest BCUT2D eigenvalue weighted by atomic mass is 32.2. The summed E-state index contributed by atoms with van der Waals surface area (Å²) in [5.74, 6) is -1.01. The van der Waals surface area contributed by atoms with Crippen LogP contribution in [0, 0.1) is 0 Å². The Morgan fingerprint density at radius 2 is 1.85 bits per heavy atom. The lowest BCUT2D eigenvalue weighted by molar-refractivity contribution is 0.403. The average molecular weight is 203 g/mol. The molecular formula is C7H9NO4S. The van der Waals surface area contributed by atoms with E-state index in [0.717, 1.165) is 6.07 Å². The summed E-state index contributed by atoms with van der Waals surface area (Å²) in [5.41, 5.74) is 0.331. The number of hydrogen-bond acceptors (Lipinski definition) is 4. The molecule has 0 spiro atoms. The molecule has 0 fully saturated rings. The van der Waals surface area contributed by atoms with E-state index in [9.17, 15) is 8.42 Å². The van der Waals surface area contributed by atoms with Crippen molar-refractivity contribution in [2.45, 2.75) is 5.75 Å². The lowest BCUT2D eigenvalue weighted by Gasteiger charge is -2.01. The third kappa shape index (κ3) is 2.92. The molecular weight excluding hydrogens is 194 g/mol. The highest BCUT2D eigenvalue weighted by molar-refractivity contribution is 7.88. The Morgan fingerprint density at radius 1 is 1.23 bits per heavy atom. The maximum absolute atomic E-state index is 10.6. The highest BCUT2D eigenvalue weighted by Crippen LogP contribution is 2.25. The molecule has 0 heterocycles. The topological polar surface area (TPSA) is 101 Å². The first-order valence-electron chi connectivity index (χ1n) is 3.40. The quantitative estimate of drug-likeness (QED) is 0.583. The van der Waals surface area contributed by atoms with E-state index in [0.29, 0.717) is 5.56 Å². The summed E-state index contributed by atoms with van der Waals surface area (Å²) in [6.07, 6.45) is 0. The maximum Gasteiger partial charge on any atom is 0.213 e. The molecule has 0 saturated heterocycles. The zero-order valence-corrected chi connectivity index (χ0v) is 7.45. The van der Waals surface area contributed by atoms with Gasteiger partial charge in [0.05, 0.1) is 5.75 Å². The van der Waals surface area contributed by atoms with E-state index in [1.54, 1.807) is 0 Å². The van der Waals surface area contributed by atoms with Gasteiger partial charge in [-0.3, -0.25) is 0 Å². The average Bonchev–Trinajstić information content (AvgIpc) is 1.94. The third-order valence-corrected chi connectivity index (χ3v) is 2.14. The van der Waals surface area contributed by atoms with Crippen LogP contribution in [-0.2, 0) is 15.8 Å². The van der Waals surface area contributed by atoms with Gasteiger partial charge in [-0.25, -0.2) is 13.6 Å². The van der Waals surface area contributed by atoms with Gasteiger partial charge in [-0.1, -0.05) is 6.07 Å². The molecule has 0 radical (unpaired) electrons. The number of phenolic OH excluding ortho intramolecular Hbond substituents is 2. The zero-order valence-electron chi connectivity index (χ0n) is 6.64. The van der Waals surface area contributed by atoms with Gasteiger partial charge in [0.25, 0.3) is 0 Å². The van der Waals surface area contributed by atoms with Gasteiger partial charge in [-0.05, 0) is 17.7 Å². The largest absolute Gasteiger partial charge is 0.504 e. The standard InChI is InChI=1S/C7H9NO4S/c8-13(11,12)4-5-1-2-6(9)7(10)3-5/h1-3,9-10H,4H2,(H2,8,11,12). The highest BCUT2D eigenvalue weighted by Gasteiger charge is 2.07.